The number of nitrogen functional groups attached to an aromatic ring is 1. The summed E-state index contributed by atoms with van der Waals surface area (Å²) < 4.78 is 19.3. The van der Waals surface area contributed by atoms with Crippen LogP contribution in [-0.4, -0.2) is 11.1 Å². The number of benzene rings is 1. The van der Waals surface area contributed by atoms with Crippen LogP contribution in [-0.2, 0) is 0 Å². The lowest BCUT2D eigenvalue weighted by atomic mass is 10.2. The molecule has 0 saturated heterocycles. The Hall–Kier alpha value is -2.30. The third-order valence-electron chi connectivity index (χ3n) is 2.71. The lowest BCUT2D eigenvalue weighted by Crippen LogP contribution is -2.10. The molecule has 2 rings (SSSR count). The van der Waals surface area contributed by atoms with Gasteiger partial charge in [-0.3, -0.25) is 0 Å². The highest BCUT2D eigenvalue weighted by Gasteiger charge is 2.09. The highest BCUT2D eigenvalue weighted by atomic mass is 19.1. The minimum absolute atomic E-state index is 0.0322. The van der Waals surface area contributed by atoms with E-state index in [4.69, 9.17) is 10.5 Å². The average molecular weight is 275 g/mol. The lowest BCUT2D eigenvalue weighted by molar-refractivity contribution is 0.234. The van der Waals surface area contributed by atoms with Crippen LogP contribution >= 0.6 is 0 Å². The first-order valence-electron chi connectivity index (χ1n) is 6.42. The van der Waals surface area contributed by atoms with E-state index in [0.29, 0.717) is 23.1 Å². The fourth-order valence-electron chi connectivity index (χ4n) is 1.76. The maximum atomic E-state index is 13.8. The Balaban J connectivity index is 2.30. The second kappa shape index (κ2) is 5.77. The fraction of sp³-hybridized carbons (Fsp3) is 0.267. The second-order valence-electron chi connectivity index (χ2n) is 4.81. The topological polar surface area (TPSA) is 60.2 Å². The van der Waals surface area contributed by atoms with E-state index in [1.54, 1.807) is 18.2 Å². The number of aryl methyl sites for hydroxylation is 1. The minimum Gasteiger partial charge on any atom is -0.473 e. The number of anilines is 3. The summed E-state index contributed by atoms with van der Waals surface area (Å²) in [6.07, 6.45) is -0.0322. The van der Waals surface area contributed by atoms with Crippen molar-refractivity contribution in [2.75, 3.05) is 11.1 Å². The molecule has 0 spiro atoms. The van der Waals surface area contributed by atoms with Crippen molar-refractivity contribution in [3.63, 3.8) is 0 Å². The molecule has 0 unspecified atom stereocenters. The molecule has 0 saturated carbocycles. The fourth-order valence-corrected chi connectivity index (χ4v) is 1.76. The van der Waals surface area contributed by atoms with Crippen LogP contribution < -0.4 is 15.8 Å². The predicted molar refractivity (Wildman–Crippen MR) is 78.8 cm³/mol. The van der Waals surface area contributed by atoms with Crippen LogP contribution in [0.3, 0.4) is 0 Å². The van der Waals surface area contributed by atoms with Gasteiger partial charge in [-0.15, -0.1) is 0 Å². The molecule has 1 aromatic carbocycles. The number of aromatic nitrogens is 1. The number of rotatable bonds is 4. The third-order valence-corrected chi connectivity index (χ3v) is 2.71. The van der Waals surface area contributed by atoms with Gasteiger partial charge >= 0.3 is 0 Å². The molecular weight excluding hydrogens is 257 g/mol. The number of pyridine rings is 1. The maximum absolute atomic E-state index is 13.8. The van der Waals surface area contributed by atoms with Gasteiger partial charge < -0.3 is 15.8 Å². The van der Waals surface area contributed by atoms with E-state index in [0.717, 1.165) is 5.56 Å². The highest BCUT2D eigenvalue weighted by molar-refractivity contribution is 5.63. The number of nitrogens with two attached hydrogens (primary N) is 1. The predicted octanol–water partition coefficient (Wildman–Crippen LogP) is 3.64. The standard InChI is InChI=1S/C15H18FN3O/c1-9(2)20-15-12(17)7-8-13(19-15)18-14-10(3)5-4-6-11(14)16/h4-9H,17H2,1-3H3,(H,18,19). The minimum atomic E-state index is -0.324. The Kier molecular flexibility index (Phi) is 4.08. The molecule has 0 fully saturated rings. The first-order valence-corrected chi connectivity index (χ1v) is 6.42. The van der Waals surface area contributed by atoms with Crippen LogP contribution in [0.25, 0.3) is 0 Å². The van der Waals surface area contributed by atoms with Gasteiger partial charge in [-0.25, -0.2) is 4.39 Å². The summed E-state index contributed by atoms with van der Waals surface area (Å²) in [6, 6.07) is 8.27. The molecule has 0 radical (unpaired) electrons. The number of ether oxygens (including phenoxy) is 1. The van der Waals surface area contributed by atoms with Crippen LogP contribution in [0.1, 0.15) is 19.4 Å². The van der Waals surface area contributed by atoms with Gasteiger partial charge in [-0.2, -0.15) is 4.98 Å². The number of halogens is 1. The molecule has 0 aliphatic heterocycles. The number of nitrogens with one attached hydrogen (secondary N) is 1. The molecule has 1 aromatic heterocycles. The quantitative estimate of drug-likeness (QED) is 0.894. The molecule has 5 heteroatoms. The van der Waals surface area contributed by atoms with Crippen molar-refractivity contribution in [3.8, 4) is 5.88 Å². The van der Waals surface area contributed by atoms with Crippen molar-refractivity contribution in [2.45, 2.75) is 26.9 Å². The number of hydrogen-bond acceptors (Lipinski definition) is 4. The number of nitrogens with zero attached hydrogens (tertiary/aromatic N) is 1. The van der Waals surface area contributed by atoms with Gasteiger partial charge in [0.2, 0.25) is 5.88 Å². The van der Waals surface area contributed by atoms with E-state index in [9.17, 15) is 4.39 Å². The first kappa shape index (κ1) is 14.1. The normalized spacial score (nSPS) is 10.7. The monoisotopic (exact) mass is 275 g/mol. The van der Waals surface area contributed by atoms with Crippen LogP contribution in [0, 0.1) is 12.7 Å². The van der Waals surface area contributed by atoms with Crippen LogP contribution in [0.4, 0.5) is 21.6 Å². The zero-order valence-corrected chi connectivity index (χ0v) is 11.8. The van der Waals surface area contributed by atoms with Gasteiger partial charge in [0.15, 0.2) is 0 Å². The molecule has 0 aliphatic carbocycles. The molecule has 0 amide bonds. The summed E-state index contributed by atoms with van der Waals surface area (Å²) in [5.74, 6) is 0.511. The third kappa shape index (κ3) is 3.17. The SMILES string of the molecule is Cc1cccc(F)c1Nc1ccc(N)c(OC(C)C)n1. The maximum Gasteiger partial charge on any atom is 0.239 e. The highest BCUT2D eigenvalue weighted by Crippen LogP contribution is 2.26. The number of hydrogen-bond donors (Lipinski definition) is 2. The van der Waals surface area contributed by atoms with Gasteiger partial charge in [0, 0.05) is 0 Å². The van der Waals surface area contributed by atoms with Crippen molar-refractivity contribution in [1.82, 2.24) is 4.98 Å². The Morgan fingerprint density at radius 3 is 2.65 bits per heavy atom. The van der Waals surface area contributed by atoms with E-state index in [1.165, 1.54) is 6.07 Å². The van der Waals surface area contributed by atoms with E-state index in [1.807, 2.05) is 26.8 Å². The molecule has 20 heavy (non-hydrogen) atoms. The smallest absolute Gasteiger partial charge is 0.239 e. The van der Waals surface area contributed by atoms with Crippen molar-refractivity contribution in [2.24, 2.45) is 0 Å². The average Bonchev–Trinajstić information content (AvgIpc) is 2.37. The Bertz CT molecular complexity index is 594. The van der Waals surface area contributed by atoms with Gasteiger partial charge in [0.05, 0.1) is 17.5 Å². The molecule has 1 heterocycles. The Morgan fingerprint density at radius 2 is 2.00 bits per heavy atom. The van der Waals surface area contributed by atoms with Gasteiger partial charge in [-0.1, -0.05) is 12.1 Å². The van der Waals surface area contributed by atoms with Crippen molar-refractivity contribution in [3.05, 3.63) is 41.7 Å². The van der Waals surface area contributed by atoms with E-state index in [2.05, 4.69) is 10.3 Å². The molecule has 2 aromatic rings. The summed E-state index contributed by atoms with van der Waals surface area (Å²) >= 11 is 0. The number of para-hydroxylation sites is 1. The van der Waals surface area contributed by atoms with Crippen molar-refractivity contribution in [1.29, 1.82) is 0 Å². The lowest BCUT2D eigenvalue weighted by Gasteiger charge is -2.14. The van der Waals surface area contributed by atoms with Gasteiger partial charge in [0.25, 0.3) is 0 Å². The Labute approximate surface area is 117 Å². The summed E-state index contributed by atoms with van der Waals surface area (Å²) in [5, 5.41) is 2.96. The van der Waals surface area contributed by atoms with Gasteiger partial charge in [-0.05, 0) is 44.5 Å². The summed E-state index contributed by atoms with van der Waals surface area (Å²) in [7, 11) is 0. The van der Waals surface area contributed by atoms with Crippen LogP contribution in [0.2, 0.25) is 0 Å². The van der Waals surface area contributed by atoms with Crippen LogP contribution in [0.15, 0.2) is 30.3 Å². The summed E-state index contributed by atoms with van der Waals surface area (Å²) in [4.78, 5) is 4.26. The second-order valence-corrected chi connectivity index (χ2v) is 4.81. The molecular formula is C15H18FN3O. The first-order chi connectivity index (χ1) is 9.47. The zero-order chi connectivity index (χ0) is 14.7. The van der Waals surface area contributed by atoms with Crippen LogP contribution in [0.5, 0.6) is 5.88 Å². The Morgan fingerprint density at radius 1 is 1.25 bits per heavy atom. The molecule has 0 bridgehead atoms. The summed E-state index contributed by atoms with van der Waals surface area (Å²) in [6.45, 7) is 5.61. The van der Waals surface area contributed by atoms with Gasteiger partial charge in [0.1, 0.15) is 11.6 Å². The molecule has 0 atom stereocenters. The zero-order valence-electron chi connectivity index (χ0n) is 11.8. The van der Waals surface area contributed by atoms with Crippen molar-refractivity contribution < 1.29 is 9.13 Å². The molecule has 106 valence electrons. The molecule has 3 N–H and O–H groups in total. The van der Waals surface area contributed by atoms with E-state index in [-0.39, 0.29) is 11.9 Å². The van der Waals surface area contributed by atoms with E-state index < -0.39 is 0 Å². The van der Waals surface area contributed by atoms with Crippen molar-refractivity contribution >= 4 is 17.2 Å². The summed E-state index contributed by atoms with van der Waals surface area (Å²) in [5.41, 5.74) is 7.46. The molecule has 4 nitrogen and oxygen atoms in total. The molecule has 0 aliphatic rings. The van der Waals surface area contributed by atoms with E-state index >= 15 is 0 Å². The largest absolute Gasteiger partial charge is 0.473 e.